The summed E-state index contributed by atoms with van der Waals surface area (Å²) in [6.45, 7) is 5.97. The second kappa shape index (κ2) is 7.16. The van der Waals surface area contributed by atoms with Crippen molar-refractivity contribution in [1.82, 2.24) is 5.32 Å². The van der Waals surface area contributed by atoms with Gasteiger partial charge in [0.1, 0.15) is 0 Å². The zero-order valence-electron chi connectivity index (χ0n) is 12.8. The maximum Gasteiger partial charge on any atom is 0.336 e. The number of benzene rings is 1. The van der Waals surface area contributed by atoms with Gasteiger partial charge < -0.3 is 10.1 Å². The minimum Gasteiger partial charge on any atom is -0.463 e. The molecule has 114 valence electrons. The van der Waals surface area contributed by atoms with E-state index >= 15 is 0 Å². The Labute approximate surface area is 135 Å². The van der Waals surface area contributed by atoms with Gasteiger partial charge in [-0.25, -0.2) is 4.79 Å². The zero-order chi connectivity index (χ0) is 16.1. The monoisotopic (exact) mass is 314 g/mol. The Balaban J connectivity index is 2.56. The zero-order valence-corrected chi connectivity index (χ0v) is 13.7. The van der Waals surface area contributed by atoms with Gasteiger partial charge in [-0.05, 0) is 44.6 Å². The number of para-hydroxylation sites is 1. The van der Waals surface area contributed by atoms with Crippen LogP contribution in [0, 0.1) is 0 Å². The summed E-state index contributed by atoms with van der Waals surface area (Å²) >= 11 is 4.72. The Morgan fingerprint density at radius 2 is 2.14 bits per heavy atom. The summed E-state index contributed by atoms with van der Waals surface area (Å²) in [5, 5.41) is 5.59. The summed E-state index contributed by atoms with van der Waals surface area (Å²) in [5.41, 5.74) is 3.99. The first-order chi connectivity index (χ1) is 10.6. The molecule has 1 heterocycles. The average Bonchev–Trinajstić information content (AvgIpc) is 2.47. The topological polar surface area (TPSA) is 50.7 Å². The van der Waals surface area contributed by atoms with Crippen LogP contribution in [0.2, 0.25) is 0 Å². The number of rotatable bonds is 4. The Morgan fingerprint density at radius 1 is 1.41 bits per heavy atom. The third-order valence-electron chi connectivity index (χ3n) is 3.45. The van der Waals surface area contributed by atoms with Crippen LogP contribution in [-0.2, 0) is 9.53 Å². The molecule has 0 aliphatic carbocycles. The maximum absolute atomic E-state index is 12.4. The van der Waals surface area contributed by atoms with Gasteiger partial charge in [0.15, 0.2) is 0 Å². The molecule has 0 fully saturated rings. The number of ether oxygens (including phenoxy) is 1. The van der Waals surface area contributed by atoms with Crippen molar-refractivity contribution in [1.29, 1.82) is 0 Å². The van der Waals surface area contributed by atoms with Gasteiger partial charge in [0.2, 0.25) is 0 Å². The van der Waals surface area contributed by atoms with Gasteiger partial charge in [0.05, 0.1) is 23.0 Å². The summed E-state index contributed by atoms with van der Waals surface area (Å²) < 4.78 is 5.21. The highest BCUT2D eigenvalue weighted by Gasteiger charge is 2.29. The van der Waals surface area contributed by atoms with Crippen LogP contribution in [0.5, 0.6) is 0 Å². The number of carbonyl (C=O) groups excluding carboxylic acids is 1. The van der Waals surface area contributed by atoms with E-state index in [1.807, 2.05) is 44.2 Å². The summed E-state index contributed by atoms with van der Waals surface area (Å²) in [6, 6.07) is 7.60. The number of carbonyl (C=O) groups is 1. The largest absolute Gasteiger partial charge is 0.463 e. The molecule has 0 saturated carbocycles. The summed E-state index contributed by atoms with van der Waals surface area (Å²) in [4.78, 5) is 16.5. The van der Waals surface area contributed by atoms with Crippen molar-refractivity contribution in [3.05, 3.63) is 52.9 Å². The van der Waals surface area contributed by atoms with Crippen LogP contribution in [0.3, 0.4) is 0 Å². The minimum atomic E-state index is -0.317. The molecule has 0 amide bonds. The molecular weight excluding hydrogens is 296 g/mol. The second-order valence-electron chi connectivity index (χ2n) is 4.97. The molecule has 0 spiro atoms. The van der Waals surface area contributed by atoms with Crippen LogP contribution < -0.4 is 5.32 Å². The van der Waals surface area contributed by atoms with Crippen molar-refractivity contribution in [3.63, 3.8) is 0 Å². The maximum atomic E-state index is 12.4. The fourth-order valence-electron chi connectivity index (χ4n) is 2.61. The molecule has 1 aliphatic rings. The van der Waals surface area contributed by atoms with Crippen LogP contribution in [-0.4, -0.2) is 17.7 Å². The number of nitrogens with zero attached hydrogens (tertiary/aromatic N) is 1. The normalized spacial score (nSPS) is 17.2. The Hall–Kier alpha value is -2.23. The molecule has 1 aliphatic heterocycles. The molecule has 0 aromatic heterocycles. The highest BCUT2D eigenvalue weighted by molar-refractivity contribution is 7.78. The summed E-state index contributed by atoms with van der Waals surface area (Å²) in [5.74, 6) is -0.536. The number of nitrogens with one attached hydrogen (secondary N) is 1. The number of aliphatic imine (C=N–C) groups is 1. The van der Waals surface area contributed by atoms with E-state index in [2.05, 4.69) is 15.5 Å². The molecule has 22 heavy (non-hydrogen) atoms. The highest BCUT2D eigenvalue weighted by atomic mass is 32.1. The number of hydrogen-bond acceptors (Lipinski definition) is 5. The summed E-state index contributed by atoms with van der Waals surface area (Å²) in [7, 11) is 0. The van der Waals surface area contributed by atoms with Crippen molar-refractivity contribution in [3.8, 4) is 0 Å². The number of dihydropyridines is 1. The molecule has 1 aromatic carbocycles. The van der Waals surface area contributed by atoms with E-state index in [9.17, 15) is 4.79 Å². The van der Waals surface area contributed by atoms with Crippen LogP contribution >= 0.6 is 12.2 Å². The lowest BCUT2D eigenvalue weighted by Crippen LogP contribution is -2.25. The predicted molar refractivity (Wildman–Crippen MR) is 90.1 cm³/mol. The van der Waals surface area contributed by atoms with Gasteiger partial charge in [0, 0.05) is 17.3 Å². The SMILES string of the molecule is CCOC(=O)C1=C(C)NC(C)=CC1c1ccccc1N=C=S. The number of thiocarbonyl (C=S) groups is 1. The highest BCUT2D eigenvalue weighted by Crippen LogP contribution is 2.37. The van der Waals surface area contributed by atoms with E-state index in [1.54, 1.807) is 6.92 Å². The molecule has 2 rings (SSSR count). The van der Waals surface area contributed by atoms with Crippen molar-refractivity contribution in [2.24, 2.45) is 4.99 Å². The lowest BCUT2D eigenvalue weighted by molar-refractivity contribution is -0.138. The molecule has 0 saturated heterocycles. The summed E-state index contributed by atoms with van der Waals surface area (Å²) in [6.07, 6.45) is 2.00. The van der Waals surface area contributed by atoms with Gasteiger partial charge in [-0.2, -0.15) is 4.99 Å². The molecule has 1 unspecified atom stereocenters. The van der Waals surface area contributed by atoms with E-state index in [1.165, 1.54) is 0 Å². The molecule has 1 aromatic rings. The van der Waals surface area contributed by atoms with Crippen molar-refractivity contribution in [2.75, 3.05) is 6.61 Å². The Morgan fingerprint density at radius 3 is 2.82 bits per heavy atom. The fraction of sp³-hybridized carbons (Fsp3) is 0.294. The number of isothiocyanates is 1. The lowest BCUT2D eigenvalue weighted by Gasteiger charge is -2.26. The van der Waals surface area contributed by atoms with Gasteiger partial charge in [0.25, 0.3) is 0 Å². The first kappa shape index (κ1) is 16.1. The molecule has 0 radical (unpaired) electrons. The third kappa shape index (κ3) is 3.32. The average molecular weight is 314 g/mol. The quantitative estimate of drug-likeness (QED) is 0.521. The minimum absolute atomic E-state index is 0.219. The third-order valence-corrected chi connectivity index (χ3v) is 3.54. The van der Waals surface area contributed by atoms with E-state index < -0.39 is 0 Å². The van der Waals surface area contributed by atoms with E-state index in [-0.39, 0.29) is 11.9 Å². The molecular formula is C17H18N2O2S. The van der Waals surface area contributed by atoms with Crippen LogP contribution in [0.1, 0.15) is 32.3 Å². The second-order valence-corrected chi connectivity index (χ2v) is 5.16. The van der Waals surface area contributed by atoms with E-state index in [0.717, 1.165) is 17.0 Å². The first-order valence-corrected chi connectivity index (χ1v) is 7.49. The molecule has 1 atom stereocenters. The number of allylic oxidation sites excluding steroid dienone is 3. The van der Waals surface area contributed by atoms with Crippen molar-refractivity contribution in [2.45, 2.75) is 26.7 Å². The standard InChI is InChI=1S/C17H18N2O2S/c1-4-21-17(20)16-12(3)19-11(2)9-14(16)13-7-5-6-8-15(13)18-10-22/h5-9,14,19H,4H2,1-3H3. The van der Waals surface area contributed by atoms with Gasteiger partial charge in [-0.15, -0.1) is 0 Å². The molecule has 4 nitrogen and oxygen atoms in total. The Kier molecular flexibility index (Phi) is 5.26. The van der Waals surface area contributed by atoms with Gasteiger partial charge in [-0.1, -0.05) is 24.3 Å². The smallest absolute Gasteiger partial charge is 0.336 e. The first-order valence-electron chi connectivity index (χ1n) is 7.08. The number of hydrogen-bond donors (Lipinski definition) is 1. The number of esters is 1. The van der Waals surface area contributed by atoms with Gasteiger partial charge >= 0.3 is 5.97 Å². The van der Waals surface area contributed by atoms with Crippen molar-refractivity contribution >= 4 is 29.0 Å². The van der Waals surface area contributed by atoms with Crippen molar-refractivity contribution < 1.29 is 9.53 Å². The van der Waals surface area contributed by atoms with Gasteiger partial charge in [-0.3, -0.25) is 0 Å². The lowest BCUT2D eigenvalue weighted by atomic mass is 9.86. The predicted octanol–water partition coefficient (Wildman–Crippen LogP) is 3.85. The Bertz CT molecular complexity index is 700. The molecule has 5 heteroatoms. The van der Waals surface area contributed by atoms with Crippen LogP contribution in [0.4, 0.5) is 5.69 Å². The van der Waals surface area contributed by atoms with E-state index in [0.29, 0.717) is 17.9 Å². The van der Waals surface area contributed by atoms with E-state index in [4.69, 9.17) is 17.0 Å². The fourth-order valence-corrected chi connectivity index (χ4v) is 2.71. The van der Waals surface area contributed by atoms with Crippen LogP contribution in [0.25, 0.3) is 0 Å². The molecule has 0 bridgehead atoms. The molecule has 1 N–H and O–H groups in total. The van der Waals surface area contributed by atoms with Crippen LogP contribution in [0.15, 0.2) is 52.3 Å².